The van der Waals surface area contributed by atoms with Crippen LogP contribution in [0.3, 0.4) is 0 Å². The number of rotatable bonds is 6. The van der Waals surface area contributed by atoms with Gasteiger partial charge in [0.25, 0.3) is 0 Å². The van der Waals surface area contributed by atoms with E-state index in [1.165, 1.54) is 0 Å². The first-order valence-corrected chi connectivity index (χ1v) is 9.71. The van der Waals surface area contributed by atoms with E-state index in [0.717, 1.165) is 17.1 Å². The number of hydrogen-bond acceptors (Lipinski definition) is 5. The second kappa shape index (κ2) is 10.3. The lowest BCUT2D eigenvalue weighted by molar-refractivity contribution is -0.107. The van der Waals surface area contributed by atoms with Crippen molar-refractivity contribution in [2.45, 2.75) is 38.9 Å². The summed E-state index contributed by atoms with van der Waals surface area (Å²) in [4.78, 5) is 2.16. The highest BCUT2D eigenvalue weighted by atomic mass is 16.5. The molecule has 0 aliphatic carbocycles. The number of aliphatic hydroxyl groups is 2. The van der Waals surface area contributed by atoms with Crippen LogP contribution in [0.1, 0.15) is 27.7 Å². The maximum Gasteiger partial charge on any atom is 0.569 e. The van der Waals surface area contributed by atoms with Gasteiger partial charge in [0.15, 0.2) is 0 Å². The van der Waals surface area contributed by atoms with Crippen LogP contribution < -0.4 is 9.55 Å². The van der Waals surface area contributed by atoms with Gasteiger partial charge in [0.2, 0.25) is 0 Å². The molecule has 0 atom stereocenters. The molecule has 0 bridgehead atoms. The summed E-state index contributed by atoms with van der Waals surface area (Å²) in [5.74, 6) is 0.590. The number of hydrogen-bond donors (Lipinski definition) is 3. The van der Waals surface area contributed by atoms with Crippen molar-refractivity contribution in [3.63, 3.8) is 0 Å². The van der Waals surface area contributed by atoms with E-state index in [9.17, 15) is 0 Å². The molecule has 5 nitrogen and oxygen atoms in total. The minimum atomic E-state index is -1.01. The van der Waals surface area contributed by atoms with Crippen molar-refractivity contribution in [2.75, 3.05) is 4.90 Å². The Morgan fingerprint density at radius 2 is 1.00 bits per heavy atom. The summed E-state index contributed by atoms with van der Waals surface area (Å²) in [6.45, 7) is 6.31. The van der Waals surface area contributed by atoms with E-state index < -0.39 is 11.2 Å². The number of nitrogens with zero attached hydrogens (tertiary/aromatic N) is 1. The fourth-order valence-electron chi connectivity index (χ4n) is 2.34. The van der Waals surface area contributed by atoms with Crippen molar-refractivity contribution in [1.29, 1.82) is 0 Å². The van der Waals surface area contributed by atoms with Crippen LogP contribution >= 0.6 is 0 Å². The number of benzene rings is 3. The minimum Gasteiger partial charge on any atom is -0.537 e. The molecule has 0 aliphatic heterocycles. The van der Waals surface area contributed by atoms with Gasteiger partial charge in [-0.2, -0.15) is 0 Å². The van der Waals surface area contributed by atoms with Gasteiger partial charge in [-0.1, -0.05) is 36.4 Å². The standard InChI is InChI=1S/C18H15BNO2.C6H14O2/c21-19-22-18-13-11-17(12-14-18)20(15-7-3-1-4-8-15)16-9-5-2-6-10-16;1-5(2,7)6(3,4)8/h1-14,21H;7-8H,1-4H3. The second-order valence-corrected chi connectivity index (χ2v) is 7.84. The third-order valence-corrected chi connectivity index (χ3v) is 4.81. The molecule has 157 valence electrons. The first kappa shape index (κ1) is 23.5. The molecule has 0 saturated carbocycles. The molecule has 0 fully saturated rings. The summed E-state index contributed by atoms with van der Waals surface area (Å²) < 4.78 is 4.96. The lowest BCUT2D eigenvalue weighted by atomic mass is 9.90. The van der Waals surface area contributed by atoms with Crippen LogP contribution in [-0.4, -0.2) is 34.1 Å². The molecule has 30 heavy (non-hydrogen) atoms. The molecule has 1 radical (unpaired) electrons. The molecule has 3 aromatic rings. The van der Waals surface area contributed by atoms with Gasteiger partial charge in [0.05, 0.1) is 11.2 Å². The zero-order chi connectivity index (χ0) is 22.2. The largest absolute Gasteiger partial charge is 0.569 e. The molecule has 3 N–H and O–H groups in total. The van der Waals surface area contributed by atoms with Crippen LogP contribution in [0, 0.1) is 0 Å². The van der Waals surface area contributed by atoms with E-state index in [1.54, 1.807) is 27.7 Å². The Morgan fingerprint density at radius 3 is 1.33 bits per heavy atom. The Morgan fingerprint density at radius 1 is 0.633 bits per heavy atom. The predicted octanol–water partition coefficient (Wildman–Crippen LogP) is 4.59. The van der Waals surface area contributed by atoms with Gasteiger partial charge in [-0.25, -0.2) is 0 Å². The highest BCUT2D eigenvalue weighted by Crippen LogP contribution is 2.34. The number of para-hydroxylation sites is 2. The van der Waals surface area contributed by atoms with Gasteiger partial charge in [0.1, 0.15) is 5.75 Å². The van der Waals surface area contributed by atoms with E-state index in [1.807, 2.05) is 60.7 Å². The van der Waals surface area contributed by atoms with Gasteiger partial charge >= 0.3 is 7.69 Å². The molecule has 0 saturated heterocycles. The zero-order valence-electron chi connectivity index (χ0n) is 17.9. The smallest absolute Gasteiger partial charge is 0.537 e. The molecule has 0 amide bonds. The Kier molecular flexibility index (Phi) is 8.06. The fraction of sp³-hybridized carbons (Fsp3) is 0.250. The summed E-state index contributed by atoms with van der Waals surface area (Å²) in [7, 11) is 0.682. The Bertz CT molecular complexity index is 822. The molecular weight excluding hydrogens is 377 g/mol. The first-order valence-electron chi connectivity index (χ1n) is 9.71. The summed E-state index contributed by atoms with van der Waals surface area (Å²) >= 11 is 0. The fourth-order valence-corrected chi connectivity index (χ4v) is 2.34. The highest BCUT2D eigenvalue weighted by molar-refractivity contribution is 6.17. The van der Waals surface area contributed by atoms with E-state index in [4.69, 9.17) is 19.9 Å². The third-order valence-electron chi connectivity index (χ3n) is 4.81. The van der Waals surface area contributed by atoms with Crippen LogP contribution in [0.15, 0.2) is 84.9 Å². The summed E-state index contributed by atoms with van der Waals surface area (Å²) in [6, 6.07) is 27.9. The third kappa shape index (κ3) is 6.63. The molecule has 3 rings (SSSR count). The molecule has 0 unspecified atom stereocenters. The Balaban J connectivity index is 0.000000343. The first-order chi connectivity index (χ1) is 14.1. The molecule has 6 heteroatoms. The maximum absolute atomic E-state index is 9.10. The van der Waals surface area contributed by atoms with Crippen LogP contribution in [0.4, 0.5) is 17.1 Å². The molecule has 0 aromatic heterocycles. The highest BCUT2D eigenvalue weighted by Gasteiger charge is 2.31. The summed E-state index contributed by atoms with van der Waals surface area (Å²) in [5, 5.41) is 26.9. The Labute approximate surface area is 179 Å². The van der Waals surface area contributed by atoms with Crippen molar-refractivity contribution >= 4 is 24.7 Å². The topological polar surface area (TPSA) is 73.2 Å². The lowest BCUT2D eigenvalue weighted by Crippen LogP contribution is -2.44. The molecule has 0 spiro atoms. The van der Waals surface area contributed by atoms with Crippen molar-refractivity contribution in [3.05, 3.63) is 84.9 Å². The van der Waals surface area contributed by atoms with E-state index in [-0.39, 0.29) is 0 Å². The normalized spacial score (nSPS) is 11.2. The van der Waals surface area contributed by atoms with Gasteiger partial charge in [-0.05, 0) is 76.2 Å². The predicted molar refractivity (Wildman–Crippen MR) is 122 cm³/mol. The van der Waals surface area contributed by atoms with Crippen molar-refractivity contribution in [3.8, 4) is 5.75 Å². The second-order valence-electron chi connectivity index (χ2n) is 7.84. The van der Waals surface area contributed by atoms with E-state index in [0.29, 0.717) is 13.4 Å². The van der Waals surface area contributed by atoms with Crippen LogP contribution in [0.2, 0.25) is 0 Å². The van der Waals surface area contributed by atoms with Crippen LogP contribution in [0.25, 0.3) is 0 Å². The van der Waals surface area contributed by atoms with Gasteiger partial charge < -0.3 is 24.8 Å². The molecule has 0 aliphatic rings. The molecule has 0 heterocycles. The quantitative estimate of drug-likeness (QED) is 0.523. The van der Waals surface area contributed by atoms with Crippen molar-refractivity contribution in [2.24, 2.45) is 0 Å². The van der Waals surface area contributed by atoms with Crippen molar-refractivity contribution in [1.82, 2.24) is 0 Å². The van der Waals surface area contributed by atoms with Gasteiger partial charge in [-0.3, -0.25) is 0 Å². The van der Waals surface area contributed by atoms with Crippen LogP contribution in [0.5, 0.6) is 5.75 Å². The summed E-state index contributed by atoms with van der Waals surface area (Å²) in [6.07, 6.45) is 0. The van der Waals surface area contributed by atoms with Crippen LogP contribution in [-0.2, 0) is 0 Å². The summed E-state index contributed by atoms with van der Waals surface area (Å²) in [5.41, 5.74) is 1.16. The van der Waals surface area contributed by atoms with Gasteiger partial charge in [0, 0.05) is 17.1 Å². The van der Waals surface area contributed by atoms with Gasteiger partial charge in [-0.15, -0.1) is 0 Å². The molecular formula is C24H29BNO4. The SMILES string of the molecule is CC(C)(O)C(C)(C)O.O[B]Oc1ccc(N(c2ccccc2)c2ccccc2)cc1. The zero-order valence-corrected chi connectivity index (χ0v) is 17.9. The molecule has 3 aromatic carbocycles. The maximum atomic E-state index is 9.10. The average Bonchev–Trinajstić information content (AvgIpc) is 2.70. The van der Waals surface area contributed by atoms with E-state index in [2.05, 4.69) is 29.2 Å². The lowest BCUT2D eigenvalue weighted by Gasteiger charge is -2.31. The Hall–Kier alpha value is -2.80. The average molecular weight is 406 g/mol. The monoisotopic (exact) mass is 406 g/mol. The van der Waals surface area contributed by atoms with Crippen molar-refractivity contribution < 1.29 is 19.9 Å². The van der Waals surface area contributed by atoms with E-state index >= 15 is 0 Å². The number of anilines is 3. The minimum absolute atomic E-state index is 0.590.